The summed E-state index contributed by atoms with van der Waals surface area (Å²) in [5, 5.41) is 7.81. The second-order valence-corrected chi connectivity index (χ2v) is 4.18. The van der Waals surface area contributed by atoms with Gasteiger partial charge >= 0.3 is 0 Å². The van der Waals surface area contributed by atoms with E-state index < -0.39 is 0 Å². The van der Waals surface area contributed by atoms with Crippen LogP contribution in [-0.2, 0) is 6.54 Å². The van der Waals surface area contributed by atoms with Crippen LogP contribution in [0.15, 0.2) is 10.7 Å². The third kappa shape index (κ3) is 1.29. The summed E-state index contributed by atoms with van der Waals surface area (Å²) in [7, 11) is 0. The summed E-state index contributed by atoms with van der Waals surface area (Å²) in [5.41, 5.74) is 1.26. The minimum atomic E-state index is 0.410. The monoisotopic (exact) mass is 229 g/mol. The Morgan fingerprint density at radius 1 is 1.67 bits per heavy atom. The van der Waals surface area contributed by atoms with Crippen LogP contribution in [0.1, 0.15) is 25.6 Å². The summed E-state index contributed by atoms with van der Waals surface area (Å²) in [5.74, 6) is 0. The van der Waals surface area contributed by atoms with E-state index in [1.54, 1.807) is 0 Å². The summed E-state index contributed by atoms with van der Waals surface area (Å²) >= 11 is 3.38. The maximum Gasteiger partial charge on any atom is 0.128 e. The van der Waals surface area contributed by atoms with Gasteiger partial charge in [0.1, 0.15) is 4.60 Å². The lowest BCUT2D eigenvalue weighted by Crippen LogP contribution is -2.39. The van der Waals surface area contributed by atoms with Crippen molar-refractivity contribution in [1.82, 2.24) is 15.1 Å². The lowest BCUT2D eigenvalue weighted by Gasteiger charge is -2.27. The molecule has 0 saturated heterocycles. The fourth-order valence-electron chi connectivity index (χ4n) is 1.72. The van der Waals surface area contributed by atoms with Crippen molar-refractivity contribution >= 4 is 15.9 Å². The SMILES string of the molecule is CC1N[C@@H](C)Cn2nc(Br)cc21. The molecule has 1 aromatic heterocycles. The zero-order valence-electron chi connectivity index (χ0n) is 7.21. The topological polar surface area (TPSA) is 29.9 Å². The van der Waals surface area contributed by atoms with Gasteiger partial charge in [-0.05, 0) is 35.8 Å². The van der Waals surface area contributed by atoms with Gasteiger partial charge < -0.3 is 5.32 Å². The molecule has 1 aliphatic heterocycles. The molecule has 2 heterocycles. The van der Waals surface area contributed by atoms with Crippen molar-refractivity contribution in [2.45, 2.75) is 32.5 Å². The number of fused-ring (bicyclic) bond motifs is 1. The largest absolute Gasteiger partial charge is 0.304 e. The molecule has 0 fully saturated rings. The Hall–Kier alpha value is -0.350. The Bertz CT molecular complexity index is 294. The number of halogens is 1. The Labute approximate surface area is 80.3 Å². The summed E-state index contributed by atoms with van der Waals surface area (Å²) in [6.07, 6.45) is 0. The number of hydrogen-bond acceptors (Lipinski definition) is 2. The molecule has 2 atom stereocenters. The van der Waals surface area contributed by atoms with Crippen LogP contribution in [0.2, 0.25) is 0 Å². The zero-order valence-corrected chi connectivity index (χ0v) is 8.80. The van der Waals surface area contributed by atoms with Gasteiger partial charge in [-0.2, -0.15) is 5.10 Å². The highest BCUT2D eigenvalue weighted by Crippen LogP contribution is 2.21. The van der Waals surface area contributed by atoms with Gasteiger partial charge in [0.2, 0.25) is 0 Å². The Morgan fingerprint density at radius 3 is 3.17 bits per heavy atom. The van der Waals surface area contributed by atoms with Crippen LogP contribution in [0.25, 0.3) is 0 Å². The molecule has 1 aliphatic rings. The molecule has 2 rings (SSSR count). The van der Waals surface area contributed by atoms with Crippen LogP contribution in [0.3, 0.4) is 0 Å². The highest BCUT2D eigenvalue weighted by Gasteiger charge is 2.21. The van der Waals surface area contributed by atoms with E-state index in [1.807, 2.05) is 0 Å². The maximum absolute atomic E-state index is 4.35. The molecule has 0 aromatic carbocycles. The first-order valence-electron chi connectivity index (χ1n) is 4.16. The smallest absolute Gasteiger partial charge is 0.128 e. The van der Waals surface area contributed by atoms with E-state index in [0.717, 1.165) is 11.1 Å². The zero-order chi connectivity index (χ0) is 8.72. The Balaban J connectivity index is 2.40. The van der Waals surface area contributed by atoms with Crippen molar-refractivity contribution < 1.29 is 0 Å². The number of rotatable bonds is 0. The molecule has 3 nitrogen and oxygen atoms in total. The summed E-state index contributed by atoms with van der Waals surface area (Å²) in [4.78, 5) is 0. The van der Waals surface area contributed by atoms with Gasteiger partial charge in [0, 0.05) is 12.1 Å². The van der Waals surface area contributed by atoms with Crippen LogP contribution in [0.5, 0.6) is 0 Å². The molecule has 0 radical (unpaired) electrons. The van der Waals surface area contributed by atoms with Gasteiger partial charge in [-0.15, -0.1) is 0 Å². The average Bonchev–Trinajstić information content (AvgIpc) is 2.29. The Morgan fingerprint density at radius 2 is 2.42 bits per heavy atom. The van der Waals surface area contributed by atoms with Gasteiger partial charge in [0.15, 0.2) is 0 Å². The van der Waals surface area contributed by atoms with E-state index in [2.05, 4.69) is 50.9 Å². The number of aromatic nitrogens is 2. The second kappa shape index (κ2) is 2.85. The third-order valence-corrected chi connectivity index (χ3v) is 2.59. The minimum Gasteiger partial charge on any atom is -0.304 e. The molecule has 0 aliphatic carbocycles. The van der Waals surface area contributed by atoms with Gasteiger partial charge in [0.25, 0.3) is 0 Å². The molecule has 1 N–H and O–H groups in total. The number of hydrogen-bond donors (Lipinski definition) is 1. The van der Waals surface area contributed by atoms with Gasteiger partial charge in [0.05, 0.1) is 12.2 Å². The molecular weight excluding hydrogens is 218 g/mol. The van der Waals surface area contributed by atoms with Gasteiger partial charge in [-0.3, -0.25) is 4.68 Å². The lowest BCUT2D eigenvalue weighted by molar-refractivity contribution is 0.344. The highest BCUT2D eigenvalue weighted by atomic mass is 79.9. The summed E-state index contributed by atoms with van der Waals surface area (Å²) in [6, 6.07) is 3.00. The first-order valence-corrected chi connectivity index (χ1v) is 4.95. The Kier molecular flexibility index (Phi) is 1.96. The fraction of sp³-hybridized carbons (Fsp3) is 0.625. The molecule has 66 valence electrons. The van der Waals surface area contributed by atoms with Crippen LogP contribution < -0.4 is 5.32 Å². The van der Waals surface area contributed by atoms with E-state index >= 15 is 0 Å². The van der Waals surface area contributed by atoms with E-state index in [4.69, 9.17) is 0 Å². The minimum absolute atomic E-state index is 0.410. The quantitative estimate of drug-likeness (QED) is 0.735. The molecule has 12 heavy (non-hydrogen) atoms. The third-order valence-electron chi connectivity index (χ3n) is 2.21. The van der Waals surface area contributed by atoms with Gasteiger partial charge in [-0.1, -0.05) is 0 Å². The molecule has 4 heteroatoms. The van der Waals surface area contributed by atoms with Crippen molar-refractivity contribution in [3.05, 3.63) is 16.4 Å². The molecule has 1 aromatic rings. The lowest BCUT2D eigenvalue weighted by atomic mass is 10.1. The van der Waals surface area contributed by atoms with Gasteiger partial charge in [-0.25, -0.2) is 0 Å². The van der Waals surface area contributed by atoms with Crippen molar-refractivity contribution in [3.63, 3.8) is 0 Å². The first-order chi connectivity index (χ1) is 5.66. The first kappa shape index (κ1) is 8.26. The van der Waals surface area contributed by atoms with Crippen LogP contribution >= 0.6 is 15.9 Å². The standard InChI is InChI=1S/C8H12BrN3/c1-5-4-12-7(6(2)10-5)3-8(9)11-12/h3,5-6,10H,4H2,1-2H3/t5-,6?/m0/s1. The van der Waals surface area contributed by atoms with E-state index in [-0.39, 0.29) is 0 Å². The van der Waals surface area contributed by atoms with Crippen molar-refractivity contribution in [1.29, 1.82) is 0 Å². The molecule has 0 amide bonds. The molecule has 0 bridgehead atoms. The van der Waals surface area contributed by atoms with E-state index in [9.17, 15) is 0 Å². The van der Waals surface area contributed by atoms with Crippen LogP contribution in [0.4, 0.5) is 0 Å². The number of nitrogens with one attached hydrogen (secondary N) is 1. The van der Waals surface area contributed by atoms with Crippen LogP contribution in [0, 0.1) is 0 Å². The maximum atomic E-state index is 4.35. The average molecular weight is 230 g/mol. The normalized spacial score (nSPS) is 28.6. The molecule has 1 unspecified atom stereocenters. The summed E-state index contributed by atoms with van der Waals surface area (Å²) < 4.78 is 3.00. The molecule has 0 saturated carbocycles. The molecular formula is C8H12BrN3. The fourth-order valence-corrected chi connectivity index (χ4v) is 2.14. The summed E-state index contributed by atoms with van der Waals surface area (Å²) in [6.45, 7) is 5.30. The van der Waals surface area contributed by atoms with Crippen molar-refractivity contribution in [2.75, 3.05) is 0 Å². The highest BCUT2D eigenvalue weighted by molar-refractivity contribution is 9.10. The van der Waals surface area contributed by atoms with Crippen molar-refractivity contribution in [3.8, 4) is 0 Å². The van der Waals surface area contributed by atoms with E-state index in [0.29, 0.717) is 12.1 Å². The second-order valence-electron chi connectivity index (χ2n) is 3.36. The predicted octanol–water partition coefficient (Wildman–Crippen LogP) is 1.70. The van der Waals surface area contributed by atoms with E-state index in [1.165, 1.54) is 5.69 Å². The van der Waals surface area contributed by atoms with Crippen LogP contribution in [-0.4, -0.2) is 15.8 Å². The molecule has 0 spiro atoms. The predicted molar refractivity (Wildman–Crippen MR) is 50.9 cm³/mol. The van der Waals surface area contributed by atoms with Crippen molar-refractivity contribution in [2.24, 2.45) is 0 Å². The number of nitrogens with zero attached hydrogens (tertiary/aromatic N) is 2.